The molecule has 0 atom stereocenters. The van der Waals surface area contributed by atoms with E-state index in [2.05, 4.69) is 44.8 Å². The molecule has 6 nitrogen and oxygen atoms in total. The summed E-state index contributed by atoms with van der Waals surface area (Å²) in [5.41, 5.74) is 2.92. The highest BCUT2D eigenvalue weighted by molar-refractivity contribution is 6.65. The van der Waals surface area contributed by atoms with Crippen molar-refractivity contribution in [3.8, 4) is 5.75 Å². The Morgan fingerprint density at radius 2 is 1.78 bits per heavy atom. The zero-order valence-electron chi connectivity index (χ0n) is 19.4. The Labute approximate surface area is 189 Å². The quantitative estimate of drug-likeness (QED) is 0.446. The molecule has 4 rings (SSSR count). The fourth-order valence-electron chi connectivity index (χ4n) is 3.83. The summed E-state index contributed by atoms with van der Waals surface area (Å²) in [6.45, 7) is 10.7. The summed E-state index contributed by atoms with van der Waals surface area (Å²) in [6, 6.07) is 13.7. The van der Waals surface area contributed by atoms with Gasteiger partial charge in [-0.1, -0.05) is 24.3 Å². The minimum absolute atomic E-state index is 0.179. The molecule has 3 aromatic rings. The van der Waals surface area contributed by atoms with Gasteiger partial charge in [0.2, 0.25) is 0 Å². The monoisotopic (exact) mass is 435 g/mol. The Balaban J connectivity index is 1.58. The number of carbonyl (C=O) groups excluding carboxylic acids is 1. The zero-order chi connectivity index (χ0) is 22.9. The molecule has 168 valence electrons. The molecule has 0 spiro atoms. The minimum atomic E-state index is -0.464. The number of aromatic nitrogens is 1. The number of esters is 1. The first-order valence-electron chi connectivity index (χ1n) is 11.0. The van der Waals surface area contributed by atoms with Gasteiger partial charge in [-0.3, -0.25) is 4.79 Å². The summed E-state index contributed by atoms with van der Waals surface area (Å²) < 4.78 is 23.8. The number of ether oxygens (including phenoxy) is 2. The molecule has 2 aromatic carbocycles. The smallest absolute Gasteiger partial charge is 0.489 e. The Bertz CT molecular complexity index is 1100. The average molecular weight is 435 g/mol. The van der Waals surface area contributed by atoms with Gasteiger partial charge in [0.05, 0.1) is 24.2 Å². The standard InChI is InChI=1S/C25H30BNO5/c1-6-29-23(28)15-18-9-7-8-10-22(18)30-16-17-13-20(19-11-12-27-21(19)14-17)26-31-24(2,3)25(4,5)32-26/h7-14,27H,6,15-16H2,1-5H3. The second-order valence-electron chi connectivity index (χ2n) is 9.09. The topological polar surface area (TPSA) is 69.8 Å². The van der Waals surface area contributed by atoms with E-state index in [-0.39, 0.29) is 12.4 Å². The number of nitrogens with one attached hydrogen (secondary N) is 1. The number of carbonyl (C=O) groups is 1. The van der Waals surface area contributed by atoms with Gasteiger partial charge in [-0.25, -0.2) is 0 Å². The molecule has 0 saturated carbocycles. The van der Waals surface area contributed by atoms with E-state index in [4.69, 9.17) is 18.8 Å². The number of hydrogen-bond donors (Lipinski definition) is 1. The van der Waals surface area contributed by atoms with E-state index in [1.165, 1.54) is 0 Å². The van der Waals surface area contributed by atoms with Crippen LogP contribution in [0.25, 0.3) is 10.9 Å². The molecule has 1 aliphatic heterocycles. The van der Waals surface area contributed by atoms with Crippen molar-refractivity contribution in [2.45, 2.75) is 58.8 Å². The van der Waals surface area contributed by atoms with Crippen LogP contribution in [0.2, 0.25) is 0 Å². The summed E-state index contributed by atoms with van der Waals surface area (Å²) in [7, 11) is -0.464. The first-order chi connectivity index (χ1) is 15.2. The summed E-state index contributed by atoms with van der Waals surface area (Å²) in [4.78, 5) is 15.2. The van der Waals surface area contributed by atoms with Crippen LogP contribution in [0, 0.1) is 0 Å². The molecule has 32 heavy (non-hydrogen) atoms. The second-order valence-corrected chi connectivity index (χ2v) is 9.09. The fourth-order valence-corrected chi connectivity index (χ4v) is 3.83. The average Bonchev–Trinajstić information content (AvgIpc) is 3.28. The second kappa shape index (κ2) is 8.64. The van der Waals surface area contributed by atoms with Crippen LogP contribution in [-0.2, 0) is 31.9 Å². The third-order valence-corrected chi connectivity index (χ3v) is 6.27. The molecule has 0 amide bonds. The van der Waals surface area contributed by atoms with Crippen LogP contribution in [-0.4, -0.2) is 35.9 Å². The maximum atomic E-state index is 11.9. The van der Waals surface area contributed by atoms with E-state index in [1.54, 1.807) is 6.92 Å². The van der Waals surface area contributed by atoms with Gasteiger partial charge in [0, 0.05) is 17.3 Å². The van der Waals surface area contributed by atoms with E-state index in [0.717, 1.165) is 27.5 Å². The number of fused-ring (bicyclic) bond motifs is 1. The van der Waals surface area contributed by atoms with E-state index in [9.17, 15) is 4.79 Å². The third kappa shape index (κ3) is 4.40. The lowest BCUT2D eigenvalue weighted by atomic mass is 9.76. The van der Waals surface area contributed by atoms with Crippen LogP contribution in [0.15, 0.2) is 48.7 Å². The fraction of sp³-hybridized carbons (Fsp3) is 0.400. The lowest BCUT2D eigenvalue weighted by Gasteiger charge is -2.32. The highest BCUT2D eigenvalue weighted by atomic mass is 16.7. The van der Waals surface area contributed by atoms with Gasteiger partial charge in [-0.05, 0) is 69.2 Å². The number of rotatable bonds is 7. The van der Waals surface area contributed by atoms with Gasteiger partial charge in [0.25, 0.3) is 0 Å². The van der Waals surface area contributed by atoms with Crippen molar-refractivity contribution in [3.05, 3.63) is 59.8 Å². The van der Waals surface area contributed by atoms with E-state index in [0.29, 0.717) is 19.0 Å². The predicted octanol–water partition coefficient (Wildman–Crippen LogP) is 4.15. The molecular weight excluding hydrogens is 405 g/mol. The summed E-state index contributed by atoms with van der Waals surface area (Å²) in [5.74, 6) is 0.406. The van der Waals surface area contributed by atoms with Crippen LogP contribution in [0.4, 0.5) is 0 Å². The molecule has 1 fully saturated rings. The molecule has 1 aromatic heterocycles. The summed E-state index contributed by atoms with van der Waals surface area (Å²) >= 11 is 0. The van der Waals surface area contributed by atoms with Crippen molar-refractivity contribution in [1.82, 2.24) is 4.98 Å². The van der Waals surface area contributed by atoms with E-state index in [1.807, 2.05) is 36.5 Å². The Hall–Kier alpha value is -2.77. The number of H-pyrrole nitrogens is 1. The predicted molar refractivity (Wildman–Crippen MR) is 125 cm³/mol. The maximum Gasteiger partial charge on any atom is 0.495 e. The van der Waals surface area contributed by atoms with Crippen molar-refractivity contribution in [1.29, 1.82) is 0 Å². The molecule has 1 N–H and O–H groups in total. The molecule has 0 radical (unpaired) electrons. The third-order valence-electron chi connectivity index (χ3n) is 6.27. The molecule has 1 aliphatic rings. The van der Waals surface area contributed by atoms with Crippen LogP contribution < -0.4 is 10.2 Å². The number of benzene rings is 2. The van der Waals surface area contributed by atoms with Crippen LogP contribution in [0.1, 0.15) is 45.7 Å². The highest BCUT2D eigenvalue weighted by Gasteiger charge is 2.52. The molecule has 0 aliphatic carbocycles. The Kier molecular flexibility index (Phi) is 6.06. The zero-order valence-corrected chi connectivity index (χ0v) is 19.4. The van der Waals surface area contributed by atoms with Gasteiger partial charge in [-0.15, -0.1) is 0 Å². The van der Waals surface area contributed by atoms with Crippen molar-refractivity contribution in [2.75, 3.05) is 6.61 Å². The lowest BCUT2D eigenvalue weighted by molar-refractivity contribution is -0.142. The van der Waals surface area contributed by atoms with Crippen molar-refractivity contribution in [2.24, 2.45) is 0 Å². The van der Waals surface area contributed by atoms with Crippen LogP contribution in [0.5, 0.6) is 5.75 Å². The highest BCUT2D eigenvalue weighted by Crippen LogP contribution is 2.37. The van der Waals surface area contributed by atoms with Crippen LogP contribution in [0.3, 0.4) is 0 Å². The molecule has 1 saturated heterocycles. The first kappa shape index (κ1) is 22.4. The van der Waals surface area contributed by atoms with Crippen LogP contribution >= 0.6 is 0 Å². The van der Waals surface area contributed by atoms with E-state index < -0.39 is 18.3 Å². The number of hydrogen-bond acceptors (Lipinski definition) is 5. The van der Waals surface area contributed by atoms with Crippen molar-refractivity contribution in [3.63, 3.8) is 0 Å². The SMILES string of the molecule is CCOC(=O)Cc1ccccc1OCc1cc(B2OC(C)(C)C(C)(C)O2)c2cc[nH]c2c1. The van der Waals surface area contributed by atoms with Gasteiger partial charge in [0.1, 0.15) is 12.4 Å². The largest absolute Gasteiger partial charge is 0.495 e. The normalized spacial score (nSPS) is 17.0. The number of aromatic amines is 1. The van der Waals surface area contributed by atoms with Gasteiger partial charge in [-0.2, -0.15) is 0 Å². The van der Waals surface area contributed by atoms with Crippen molar-refractivity contribution < 1.29 is 23.6 Å². The molecule has 2 heterocycles. The number of para-hydroxylation sites is 1. The Morgan fingerprint density at radius 3 is 2.50 bits per heavy atom. The van der Waals surface area contributed by atoms with Crippen molar-refractivity contribution >= 4 is 29.5 Å². The first-order valence-corrected chi connectivity index (χ1v) is 11.0. The molecular formula is C25H30BNO5. The summed E-state index contributed by atoms with van der Waals surface area (Å²) in [6.07, 6.45) is 2.09. The summed E-state index contributed by atoms with van der Waals surface area (Å²) in [5, 5.41) is 1.06. The maximum absolute atomic E-state index is 11.9. The van der Waals surface area contributed by atoms with Gasteiger partial charge >= 0.3 is 13.1 Å². The molecule has 0 bridgehead atoms. The molecule has 7 heteroatoms. The minimum Gasteiger partial charge on any atom is -0.489 e. The van der Waals surface area contributed by atoms with Gasteiger partial charge in [0.15, 0.2) is 0 Å². The lowest BCUT2D eigenvalue weighted by Crippen LogP contribution is -2.41. The van der Waals surface area contributed by atoms with E-state index >= 15 is 0 Å². The molecule has 0 unspecified atom stereocenters. The Morgan fingerprint density at radius 1 is 1.06 bits per heavy atom. The van der Waals surface area contributed by atoms with Gasteiger partial charge < -0.3 is 23.8 Å².